The maximum atomic E-state index is 9.75. The van der Waals surface area contributed by atoms with Crippen LogP contribution in [0, 0.1) is 0 Å². The van der Waals surface area contributed by atoms with Gasteiger partial charge in [-0.2, -0.15) is 0 Å². The number of rotatable bonds is 1. The van der Waals surface area contributed by atoms with Crippen molar-refractivity contribution < 1.29 is 9.84 Å². The molecule has 0 heterocycles. The van der Waals surface area contributed by atoms with E-state index in [0.717, 1.165) is 0 Å². The molecule has 1 aromatic carbocycles. The lowest BCUT2D eigenvalue weighted by molar-refractivity contribution is 0.370. The lowest BCUT2D eigenvalue weighted by Gasteiger charge is -2.28. The third-order valence-corrected chi connectivity index (χ3v) is 3.48. The highest BCUT2D eigenvalue weighted by molar-refractivity contribution is 5.49. The molecule has 0 radical (unpaired) electrons. The normalized spacial score (nSPS) is 24.7. The summed E-state index contributed by atoms with van der Waals surface area (Å²) in [7, 11) is 1.60. The van der Waals surface area contributed by atoms with Crippen LogP contribution in [0.15, 0.2) is 12.1 Å². The summed E-state index contributed by atoms with van der Waals surface area (Å²) in [5.74, 6) is 1.98. The second-order valence-corrected chi connectivity index (χ2v) is 4.53. The Kier molecular flexibility index (Phi) is 2.59. The highest BCUT2D eigenvalue weighted by atomic mass is 16.5. The largest absolute Gasteiger partial charge is 0.504 e. The third kappa shape index (κ3) is 1.69. The number of ether oxygens (including phenoxy) is 1. The van der Waals surface area contributed by atoms with Crippen molar-refractivity contribution in [2.45, 2.75) is 38.5 Å². The Hall–Kier alpha value is -1.18. The average Bonchev–Trinajstić information content (AvgIpc) is 2.23. The number of phenols is 1. The van der Waals surface area contributed by atoms with Crippen molar-refractivity contribution in [3.63, 3.8) is 0 Å². The molecule has 2 atom stereocenters. The monoisotopic (exact) mass is 206 g/mol. The van der Waals surface area contributed by atoms with Gasteiger partial charge in [-0.15, -0.1) is 0 Å². The van der Waals surface area contributed by atoms with E-state index < -0.39 is 0 Å². The van der Waals surface area contributed by atoms with E-state index in [1.807, 2.05) is 12.1 Å². The summed E-state index contributed by atoms with van der Waals surface area (Å²) < 4.78 is 5.14. The second kappa shape index (κ2) is 3.76. The minimum atomic E-state index is 0.261. The van der Waals surface area contributed by atoms with Crippen LogP contribution in [-0.2, 0) is 0 Å². The summed E-state index contributed by atoms with van der Waals surface area (Å²) in [5.41, 5.74) is 2.62. The van der Waals surface area contributed by atoms with Crippen LogP contribution >= 0.6 is 0 Å². The molecule has 0 spiro atoms. The van der Waals surface area contributed by atoms with Gasteiger partial charge in [0, 0.05) is 0 Å². The van der Waals surface area contributed by atoms with Crippen molar-refractivity contribution in [1.29, 1.82) is 0 Å². The molecule has 15 heavy (non-hydrogen) atoms. The van der Waals surface area contributed by atoms with Gasteiger partial charge in [-0.05, 0) is 47.9 Å². The Morgan fingerprint density at radius 1 is 1.13 bits per heavy atom. The van der Waals surface area contributed by atoms with Gasteiger partial charge in [0.05, 0.1) is 7.11 Å². The minimum absolute atomic E-state index is 0.261. The summed E-state index contributed by atoms with van der Waals surface area (Å²) in [6.45, 7) is 4.46. The van der Waals surface area contributed by atoms with Crippen LogP contribution < -0.4 is 4.74 Å². The molecule has 2 nitrogen and oxygen atoms in total. The highest BCUT2D eigenvalue weighted by Crippen LogP contribution is 2.43. The lowest BCUT2D eigenvalue weighted by Crippen LogP contribution is -2.10. The van der Waals surface area contributed by atoms with Gasteiger partial charge in [0.2, 0.25) is 0 Å². The number of hydrogen-bond acceptors (Lipinski definition) is 2. The van der Waals surface area contributed by atoms with Crippen LogP contribution in [0.3, 0.4) is 0 Å². The summed E-state index contributed by atoms with van der Waals surface area (Å²) >= 11 is 0. The molecule has 2 heteroatoms. The Labute approximate surface area is 90.9 Å². The van der Waals surface area contributed by atoms with Crippen molar-refractivity contribution in [2.75, 3.05) is 7.11 Å². The van der Waals surface area contributed by atoms with Crippen LogP contribution in [0.1, 0.15) is 49.7 Å². The van der Waals surface area contributed by atoms with Gasteiger partial charge in [-0.25, -0.2) is 0 Å². The first-order valence-electron chi connectivity index (χ1n) is 5.54. The molecular weight excluding hydrogens is 188 g/mol. The molecule has 1 aliphatic rings. The van der Waals surface area contributed by atoms with Gasteiger partial charge in [-0.3, -0.25) is 0 Å². The zero-order valence-corrected chi connectivity index (χ0v) is 9.58. The molecule has 0 fully saturated rings. The molecule has 82 valence electrons. The van der Waals surface area contributed by atoms with E-state index in [1.165, 1.54) is 24.0 Å². The average molecular weight is 206 g/mol. The summed E-state index contributed by atoms with van der Waals surface area (Å²) in [6, 6.07) is 3.86. The van der Waals surface area contributed by atoms with Gasteiger partial charge in [0.15, 0.2) is 11.5 Å². The second-order valence-electron chi connectivity index (χ2n) is 4.53. The Bertz CT molecular complexity index is 371. The fourth-order valence-electron chi connectivity index (χ4n) is 2.43. The zero-order valence-electron chi connectivity index (χ0n) is 9.58. The van der Waals surface area contributed by atoms with Gasteiger partial charge < -0.3 is 9.84 Å². The standard InChI is InChI=1S/C13H18O2/c1-8-4-5-9(2)11-7-13(15-3)12(14)6-10(8)11/h6-9,14H,4-5H2,1-3H3. The molecule has 0 saturated heterocycles. The number of aromatic hydroxyl groups is 1. The number of fused-ring (bicyclic) bond motifs is 1. The highest BCUT2D eigenvalue weighted by Gasteiger charge is 2.23. The van der Waals surface area contributed by atoms with E-state index in [9.17, 15) is 5.11 Å². The van der Waals surface area contributed by atoms with Crippen molar-refractivity contribution >= 4 is 0 Å². The Balaban J connectivity index is 2.53. The smallest absolute Gasteiger partial charge is 0.160 e. The number of hydrogen-bond donors (Lipinski definition) is 1. The summed E-state index contributed by atoms with van der Waals surface area (Å²) in [6.07, 6.45) is 2.43. The van der Waals surface area contributed by atoms with Gasteiger partial charge in [-0.1, -0.05) is 13.8 Å². The van der Waals surface area contributed by atoms with Crippen LogP contribution in [0.5, 0.6) is 11.5 Å². The van der Waals surface area contributed by atoms with Crippen molar-refractivity contribution in [2.24, 2.45) is 0 Å². The van der Waals surface area contributed by atoms with E-state index in [1.54, 1.807) is 7.11 Å². The van der Waals surface area contributed by atoms with E-state index >= 15 is 0 Å². The van der Waals surface area contributed by atoms with Crippen LogP contribution in [-0.4, -0.2) is 12.2 Å². The SMILES string of the molecule is COc1cc2c(cc1O)C(C)CCC2C. The van der Waals surface area contributed by atoms with Gasteiger partial charge in [0.25, 0.3) is 0 Å². The topological polar surface area (TPSA) is 29.5 Å². The predicted octanol–water partition coefficient (Wildman–Crippen LogP) is 3.40. The maximum Gasteiger partial charge on any atom is 0.160 e. The number of methoxy groups -OCH3 is 1. The first-order valence-corrected chi connectivity index (χ1v) is 5.54. The molecule has 0 aliphatic heterocycles. The summed E-state index contributed by atoms with van der Waals surface area (Å²) in [5, 5.41) is 9.75. The maximum absolute atomic E-state index is 9.75. The van der Waals surface area contributed by atoms with Gasteiger partial charge >= 0.3 is 0 Å². The molecule has 0 saturated carbocycles. The third-order valence-electron chi connectivity index (χ3n) is 3.48. The molecule has 0 aromatic heterocycles. The number of benzene rings is 1. The minimum Gasteiger partial charge on any atom is -0.504 e. The van der Waals surface area contributed by atoms with Crippen LogP contribution in [0.2, 0.25) is 0 Å². The lowest BCUT2D eigenvalue weighted by atomic mass is 9.78. The molecule has 1 aromatic rings. The molecular formula is C13H18O2. The molecule has 2 rings (SSSR count). The quantitative estimate of drug-likeness (QED) is 0.763. The van der Waals surface area contributed by atoms with Crippen molar-refractivity contribution in [3.8, 4) is 11.5 Å². The van der Waals surface area contributed by atoms with Crippen LogP contribution in [0.25, 0.3) is 0 Å². The first-order chi connectivity index (χ1) is 7.13. The zero-order chi connectivity index (χ0) is 11.0. The van der Waals surface area contributed by atoms with E-state index in [0.29, 0.717) is 17.6 Å². The fraction of sp³-hybridized carbons (Fsp3) is 0.538. The van der Waals surface area contributed by atoms with E-state index in [4.69, 9.17) is 4.74 Å². The van der Waals surface area contributed by atoms with Gasteiger partial charge in [0.1, 0.15) is 0 Å². The molecule has 0 amide bonds. The van der Waals surface area contributed by atoms with Crippen molar-refractivity contribution in [3.05, 3.63) is 23.3 Å². The Morgan fingerprint density at radius 2 is 1.67 bits per heavy atom. The fourth-order valence-corrected chi connectivity index (χ4v) is 2.43. The first kappa shape index (κ1) is 10.3. The number of phenolic OH excluding ortho intramolecular Hbond substituents is 1. The Morgan fingerprint density at radius 3 is 2.20 bits per heavy atom. The van der Waals surface area contributed by atoms with E-state index in [2.05, 4.69) is 13.8 Å². The molecule has 2 unspecified atom stereocenters. The molecule has 1 aliphatic carbocycles. The predicted molar refractivity (Wildman–Crippen MR) is 60.7 cm³/mol. The molecule has 0 bridgehead atoms. The van der Waals surface area contributed by atoms with E-state index in [-0.39, 0.29) is 5.75 Å². The van der Waals surface area contributed by atoms with Crippen molar-refractivity contribution in [1.82, 2.24) is 0 Å². The van der Waals surface area contributed by atoms with Crippen LogP contribution in [0.4, 0.5) is 0 Å². The molecule has 1 N–H and O–H groups in total. The summed E-state index contributed by atoms with van der Waals surface area (Å²) in [4.78, 5) is 0.